The van der Waals surface area contributed by atoms with Crippen molar-refractivity contribution in [3.05, 3.63) is 23.8 Å². The zero-order chi connectivity index (χ0) is 13.7. The van der Waals surface area contributed by atoms with E-state index < -0.39 is 0 Å². The van der Waals surface area contributed by atoms with Crippen LogP contribution in [-0.4, -0.2) is 25.5 Å². The van der Waals surface area contributed by atoms with Gasteiger partial charge in [-0.1, -0.05) is 0 Å². The molecule has 1 aromatic rings. The first-order valence-corrected chi connectivity index (χ1v) is 5.74. The second kappa shape index (κ2) is 5.92. The molecule has 1 rings (SSSR count). The first-order valence-electron chi connectivity index (χ1n) is 5.74. The maximum Gasteiger partial charge on any atom is 0.239 e. The largest absolute Gasteiger partial charge is 0.397 e. The number of benzene rings is 1. The molecular weight excluding hydrogens is 228 g/mol. The van der Waals surface area contributed by atoms with Crippen LogP contribution in [0.1, 0.15) is 19.4 Å². The van der Waals surface area contributed by atoms with E-state index in [2.05, 4.69) is 11.4 Å². The second-order valence-corrected chi connectivity index (χ2v) is 4.46. The Morgan fingerprint density at radius 2 is 2.22 bits per heavy atom. The van der Waals surface area contributed by atoms with Crippen molar-refractivity contribution in [3.63, 3.8) is 0 Å². The first-order chi connectivity index (χ1) is 8.43. The minimum atomic E-state index is -0.0748. The molecule has 0 unspecified atom stereocenters. The van der Waals surface area contributed by atoms with E-state index in [0.29, 0.717) is 16.9 Å². The quantitative estimate of drug-likeness (QED) is 0.779. The Morgan fingerprint density at radius 3 is 2.78 bits per heavy atom. The smallest absolute Gasteiger partial charge is 0.239 e. The predicted octanol–water partition coefficient (Wildman–Crippen LogP) is 1.10. The van der Waals surface area contributed by atoms with Crippen molar-refractivity contribution < 1.29 is 4.79 Å². The van der Waals surface area contributed by atoms with Gasteiger partial charge >= 0.3 is 0 Å². The summed E-state index contributed by atoms with van der Waals surface area (Å²) >= 11 is 0. The third kappa shape index (κ3) is 3.67. The first kappa shape index (κ1) is 13.8. The molecule has 0 bridgehead atoms. The number of hydrogen-bond donors (Lipinski definition) is 2. The van der Waals surface area contributed by atoms with Crippen molar-refractivity contribution in [1.82, 2.24) is 5.32 Å². The molecule has 3 N–H and O–H groups in total. The van der Waals surface area contributed by atoms with Crippen molar-refractivity contribution in [1.29, 1.82) is 5.26 Å². The Bertz CT molecular complexity index is 476. The molecule has 18 heavy (non-hydrogen) atoms. The van der Waals surface area contributed by atoms with Crippen LogP contribution in [-0.2, 0) is 4.79 Å². The number of carbonyl (C=O) groups is 1. The van der Waals surface area contributed by atoms with E-state index in [9.17, 15) is 4.79 Å². The lowest BCUT2D eigenvalue weighted by atomic mass is 10.1. The fourth-order valence-corrected chi connectivity index (χ4v) is 1.61. The van der Waals surface area contributed by atoms with Gasteiger partial charge in [0.25, 0.3) is 0 Å². The Kier molecular flexibility index (Phi) is 4.55. The van der Waals surface area contributed by atoms with Crippen molar-refractivity contribution in [2.24, 2.45) is 0 Å². The number of nitrogen functional groups attached to an aromatic ring is 1. The van der Waals surface area contributed by atoms with Gasteiger partial charge in [-0.25, -0.2) is 0 Å². The number of rotatable bonds is 4. The number of nitrogens with two attached hydrogens (primary N) is 1. The summed E-state index contributed by atoms with van der Waals surface area (Å²) < 4.78 is 0. The van der Waals surface area contributed by atoms with Gasteiger partial charge in [0.1, 0.15) is 0 Å². The van der Waals surface area contributed by atoms with Crippen LogP contribution in [0.3, 0.4) is 0 Å². The van der Waals surface area contributed by atoms with Crippen LogP contribution in [0.25, 0.3) is 0 Å². The monoisotopic (exact) mass is 246 g/mol. The predicted molar refractivity (Wildman–Crippen MR) is 72.1 cm³/mol. The van der Waals surface area contributed by atoms with Crippen LogP contribution >= 0.6 is 0 Å². The Hall–Kier alpha value is -2.22. The Morgan fingerprint density at radius 1 is 1.56 bits per heavy atom. The SMILES string of the molecule is CC(C)NC(=O)CN(C)c1cc(C#N)ccc1N. The summed E-state index contributed by atoms with van der Waals surface area (Å²) in [4.78, 5) is 13.4. The molecule has 0 aliphatic heterocycles. The topological polar surface area (TPSA) is 82.2 Å². The van der Waals surface area contributed by atoms with Gasteiger partial charge in [-0.05, 0) is 32.0 Å². The summed E-state index contributed by atoms with van der Waals surface area (Å²) in [7, 11) is 1.77. The Balaban J connectivity index is 2.81. The van der Waals surface area contributed by atoms with Gasteiger partial charge in [0.2, 0.25) is 5.91 Å². The molecule has 0 spiro atoms. The van der Waals surface area contributed by atoms with Crippen LogP contribution in [0.2, 0.25) is 0 Å². The number of nitriles is 1. The molecule has 1 aromatic carbocycles. The molecule has 0 saturated carbocycles. The molecule has 5 heteroatoms. The highest BCUT2D eigenvalue weighted by Gasteiger charge is 2.11. The third-order valence-electron chi connectivity index (χ3n) is 2.40. The molecular formula is C13H18N4O. The van der Waals surface area contributed by atoms with Crippen LogP contribution in [0.4, 0.5) is 11.4 Å². The maximum atomic E-state index is 11.6. The molecule has 1 amide bonds. The van der Waals surface area contributed by atoms with Crippen LogP contribution in [0.15, 0.2) is 18.2 Å². The van der Waals surface area contributed by atoms with Crippen molar-refractivity contribution in [2.45, 2.75) is 19.9 Å². The van der Waals surface area contributed by atoms with Gasteiger partial charge in [-0.2, -0.15) is 5.26 Å². The number of carbonyl (C=O) groups excluding carboxylic acids is 1. The molecule has 0 radical (unpaired) electrons. The molecule has 96 valence electrons. The van der Waals surface area contributed by atoms with E-state index in [4.69, 9.17) is 11.0 Å². The lowest BCUT2D eigenvalue weighted by molar-refractivity contribution is -0.120. The highest BCUT2D eigenvalue weighted by Crippen LogP contribution is 2.23. The molecule has 5 nitrogen and oxygen atoms in total. The number of likely N-dealkylation sites (N-methyl/N-ethyl adjacent to an activating group) is 1. The molecule has 0 saturated heterocycles. The summed E-state index contributed by atoms with van der Waals surface area (Å²) in [6, 6.07) is 7.16. The normalized spacial score (nSPS) is 9.94. The minimum Gasteiger partial charge on any atom is -0.397 e. The maximum absolute atomic E-state index is 11.6. The van der Waals surface area contributed by atoms with Gasteiger partial charge in [0.05, 0.1) is 29.6 Å². The fourth-order valence-electron chi connectivity index (χ4n) is 1.61. The third-order valence-corrected chi connectivity index (χ3v) is 2.40. The number of hydrogen-bond acceptors (Lipinski definition) is 4. The molecule has 0 fully saturated rings. The number of nitrogens with zero attached hydrogens (tertiary/aromatic N) is 2. The summed E-state index contributed by atoms with van der Waals surface area (Å²) in [6.45, 7) is 4.02. The number of anilines is 2. The van der Waals surface area contributed by atoms with Gasteiger partial charge in [0, 0.05) is 13.1 Å². The zero-order valence-corrected chi connectivity index (χ0v) is 10.9. The van der Waals surface area contributed by atoms with E-state index in [1.165, 1.54) is 0 Å². The summed E-state index contributed by atoms with van der Waals surface area (Å²) in [5, 5.41) is 11.7. The lowest BCUT2D eigenvalue weighted by Crippen LogP contribution is -2.38. The van der Waals surface area contributed by atoms with Crippen molar-refractivity contribution >= 4 is 17.3 Å². The van der Waals surface area contributed by atoms with E-state index >= 15 is 0 Å². The molecule has 0 heterocycles. The van der Waals surface area contributed by atoms with Gasteiger partial charge in [-0.3, -0.25) is 4.79 Å². The fraction of sp³-hybridized carbons (Fsp3) is 0.385. The van der Waals surface area contributed by atoms with Crippen LogP contribution in [0, 0.1) is 11.3 Å². The van der Waals surface area contributed by atoms with Crippen molar-refractivity contribution in [2.75, 3.05) is 24.2 Å². The summed E-state index contributed by atoms with van der Waals surface area (Å²) in [6.07, 6.45) is 0. The zero-order valence-electron chi connectivity index (χ0n) is 10.9. The van der Waals surface area contributed by atoms with Crippen LogP contribution in [0.5, 0.6) is 0 Å². The van der Waals surface area contributed by atoms with Gasteiger partial charge in [0.15, 0.2) is 0 Å². The lowest BCUT2D eigenvalue weighted by Gasteiger charge is -2.21. The number of nitrogens with one attached hydrogen (secondary N) is 1. The van der Waals surface area contributed by atoms with E-state index in [1.807, 2.05) is 13.8 Å². The van der Waals surface area contributed by atoms with E-state index in [1.54, 1.807) is 30.1 Å². The van der Waals surface area contributed by atoms with Crippen LogP contribution < -0.4 is 16.0 Å². The summed E-state index contributed by atoms with van der Waals surface area (Å²) in [5.74, 6) is -0.0748. The average Bonchev–Trinajstić information content (AvgIpc) is 2.28. The molecule has 0 aliphatic rings. The summed E-state index contributed by atoms with van der Waals surface area (Å²) in [5.41, 5.74) is 7.60. The van der Waals surface area contributed by atoms with Gasteiger partial charge in [-0.15, -0.1) is 0 Å². The Labute approximate surface area is 107 Å². The van der Waals surface area contributed by atoms with E-state index in [-0.39, 0.29) is 18.5 Å². The highest BCUT2D eigenvalue weighted by molar-refractivity contribution is 5.83. The van der Waals surface area contributed by atoms with Gasteiger partial charge < -0.3 is 16.0 Å². The molecule has 0 aromatic heterocycles. The standard InChI is InChI=1S/C13H18N4O/c1-9(2)16-13(18)8-17(3)12-6-10(7-14)4-5-11(12)15/h4-6,9H,8,15H2,1-3H3,(H,16,18). The highest BCUT2D eigenvalue weighted by atomic mass is 16.2. The average molecular weight is 246 g/mol. The van der Waals surface area contributed by atoms with E-state index in [0.717, 1.165) is 0 Å². The minimum absolute atomic E-state index is 0.0748. The molecule has 0 atom stereocenters. The van der Waals surface area contributed by atoms with Crippen molar-refractivity contribution in [3.8, 4) is 6.07 Å². The second-order valence-electron chi connectivity index (χ2n) is 4.46. The number of amides is 1. The molecule has 0 aliphatic carbocycles.